The summed E-state index contributed by atoms with van der Waals surface area (Å²) in [5.41, 5.74) is 6.75. The van der Waals surface area contributed by atoms with Gasteiger partial charge in [-0.3, -0.25) is 4.79 Å². The molecule has 1 heterocycles. The molecule has 2 N–H and O–H groups in total. The van der Waals surface area contributed by atoms with E-state index < -0.39 is 0 Å². The minimum Gasteiger partial charge on any atom is -0.494 e. The minimum absolute atomic E-state index is 0. The third kappa shape index (κ3) is 5.65. The number of likely N-dealkylation sites (tertiary alicyclic amines) is 1. The number of carbonyl (C=O) groups is 1. The van der Waals surface area contributed by atoms with Crippen molar-refractivity contribution in [3.05, 3.63) is 29.8 Å². The van der Waals surface area contributed by atoms with Crippen LogP contribution >= 0.6 is 12.4 Å². The Hall–Kier alpha value is -1.30. The van der Waals surface area contributed by atoms with Crippen molar-refractivity contribution in [2.45, 2.75) is 44.7 Å². The molecule has 0 spiro atoms. The van der Waals surface area contributed by atoms with E-state index in [1.54, 1.807) is 7.11 Å². The summed E-state index contributed by atoms with van der Waals surface area (Å²) < 4.78 is 10.6. The lowest BCUT2D eigenvalue weighted by Crippen LogP contribution is -2.51. The number of benzene rings is 1. The van der Waals surface area contributed by atoms with Crippen LogP contribution in [0.3, 0.4) is 0 Å². The van der Waals surface area contributed by atoms with Crippen LogP contribution in [0.4, 0.5) is 0 Å². The number of nitrogens with zero attached hydrogens (tertiary/aromatic N) is 1. The number of halogens is 1. The van der Waals surface area contributed by atoms with E-state index in [0.29, 0.717) is 18.8 Å². The third-order valence-corrected chi connectivity index (χ3v) is 4.28. The zero-order valence-electron chi connectivity index (χ0n) is 14.6. The van der Waals surface area contributed by atoms with Crippen molar-refractivity contribution < 1.29 is 14.3 Å². The standard InChI is InChI=1S/C18H28N2O3.ClH/c1-14(19)17-6-3-4-11-20(17)18(21)15-7-9-16(10-8-15)23-13-5-12-22-2;/h7-10,14,17H,3-6,11-13,19H2,1-2H3;1H. The summed E-state index contributed by atoms with van der Waals surface area (Å²) in [7, 11) is 1.68. The fourth-order valence-corrected chi connectivity index (χ4v) is 3.01. The lowest BCUT2D eigenvalue weighted by molar-refractivity contribution is 0.0584. The van der Waals surface area contributed by atoms with Crippen LogP contribution in [0.2, 0.25) is 0 Å². The Bertz CT molecular complexity index is 494. The molecule has 1 aromatic carbocycles. The Morgan fingerprint density at radius 2 is 2.00 bits per heavy atom. The van der Waals surface area contributed by atoms with E-state index in [4.69, 9.17) is 15.2 Å². The van der Waals surface area contributed by atoms with Crippen LogP contribution in [0.25, 0.3) is 0 Å². The number of methoxy groups -OCH3 is 1. The van der Waals surface area contributed by atoms with Crippen molar-refractivity contribution in [2.75, 3.05) is 26.9 Å². The maximum Gasteiger partial charge on any atom is 0.254 e. The van der Waals surface area contributed by atoms with Gasteiger partial charge in [0, 0.05) is 44.3 Å². The summed E-state index contributed by atoms with van der Waals surface area (Å²) in [4.78, 5) is 14.7. The second kappa shape index (κ2) is 10.5. The first-order valence-electron chi connectivity index (χ1n) is 8.42. The highest BCUT2D eigenvalue weighted by Crippen LogP contribution is 2.22. The second-order valence-corrected chi connectivity index (χ2v) is 6.14. The number of hydrogen-bond acceptors (Lipinski definition) is 4. The number of ether oxygens (including phenoxy) is 2. The molecule has 2 atom stereocenters. The van der Waals surface area contributed by atoms with Crippen molar-refractivity contribution >= 4 is 18.3 Å². The highest BCUT2D eigenvalue weighted by molar-refractivity contribution is 5.94. The summed E-state index contributed by atoms with van der Waals surface area (Å²) in [5, 5.41) is 0. The number of nitrogens with two attached hydrogens (primary N) is 1. The van der Waals surface area contributed by atoms with Gasteiger partial charge in [0.15, 0.2) is 0 Å². The Morgan fingerprint density at radius 3 is 2.62 bits per heavy atom. The molecule has 0 aliphatic carbocycles. The number of carbonyl (C=O) groups excluding carboxylic acids is 1. The molecule has 0 bridgehead atoms. The van der Waals surface area contributed by atoms with Gasteiger partial charge in [0.2, 0.25) is 0 Å². The Morgan fingerprint density at radius 1 is 1.29 bits per heavy atom. The maximum absolute atomic E-state index is 12.7. The van der Waals surface area contributed by atoms with Crippen LogP contribution in [-0.4, -0.2) is 49.8 Å². The van der Waals surface area contributed by atoms with Gasteiger partial charge >= 0.3 is 0 Å². The Balaban J connectivity index is 0.00000288. The van der Waals surface area contributed by atoms with Crippen LogP contribution in [0.15, 0.2) is 24.3 Å². The fourth-order valence-electron chi connectivity index (χ4n) is 3.01. The Labute approximate surface area is 150 Å². The molecule has 5 nitrogen and oxygen atoms in total. The molecule has 136 valence electrons. The zero-order chi connectivity index (χ0) is 16.7. The lowest BCUT2D eigenvalue weighted by Gasteiger charge is -2.38. The largest absolute Gasteiger partial charge is 0.494 e. The molecule has 1 amide bonds. The number of piperidine rings is 1. The second-order valence-electron chi connectivity index (χ2n) is 6.14. The van der Waals surface area contributed by atoms with E-state index in [2.05, 4.69) is 0 Å². The van der Waals surface area contributed by atoms with Gasteiger partial charge in [0.05, 0.1) is 6.61 Å². The molecule has 1 fully saturated rings. The first kappa shape index (κ1) is 20.7. The minimum atomic E-state index is 0. The van der Waals surface area contributed by atoms with Gasteiger partial charge in [0.1, 0.15) is 5.75 Å². The lowest BCUT2D eigenvalue weighted by atomic mass is 9.96. The molecule has 1 aromatic rings. The topological polar surface area (TPSA) is 64.8 Å². The van der Waals surface area contributed by atoms with E-state index in [1.807, 2.05) is 36.1 Å². The first-order valence-corrected chi connectivity index (χ1v) is 8.42. The van der Waals surface area contributed by atoms with Gasteiger partial charge in [0.25, 0.3) is 5.91 Å². The molecule has 1 saturated heterocycles. The van der Waals surface area contributed by atoms with Crippen molar-refractivity contribution in [1.29, 1.82) is 0 Å². The highest BCUT2D eigenvalue weighted by Gasteiger charge is 2.29. The molecular weight excluding hydrogens is 328 g/mol. The van der Waals surface area contributed by atoms with E-state index in [0.717, 1.165) is 38.0 Å². The summed E-state index contributed by atoms with van der Waals surface area (Å²) in [6, 6.07) is 7.51. The average molecular weight is 357 g/mol. The van der Waals surface area contributed by atoms with Crippen LogP contribution in [-0.2, 0) is 4.74 Å². The molecule has 2 unspecified atom stereocenters. The quantitative estimate of drug-likeness (QED) is 0.763. The highest BCUT2D eigenvalue weighted by atomic mass is 35.5. The van der Waals surface area contributed by atoms with Gasteiger partial charge in [-0.05, 0) is 50.5 Å². The van der Waals surface area contributed by atoms with Gasteiger partial charge in [-0.25, -0.2) is 0 Å². The predicted molar refractivity (Wildman–Crippen MR) is 98.0 cm³/mol. The molecule has 0 aromatic heterocycles. The number of hydrogen-bond donors (Lipinski definition) is 1. The van der Waals surface area contributed by atoms with Crippen molar-refractivity contribution in [2.24, 2.45) is 5.73 Å². The van der Waals surface area contributed by atoms with Crippen molar-refractivity contribution in [3.8, 4) is 5.75 Å². The van der Waals surface area contributed by atoms with E-state index in [-0.39, 0.29) is 30.4 Å². The summed E-state index contributed by atoms with van der Waals surface area (Å²) >= 11 is 0. The smallest absolute Gasteiger partial charge is 0.254 e. The average Bonchev–Trinajstić information content (AvgIpc) is 2.58. The number of rotatable bonds is 7. The van der Waals surface area contributed by atoms with E-state index in [9.17, 15) is 4.79 Å². The molecule has 6 heteroatoms. The first-order chi connectivity index (χ1) is 11.1. The molecule has 1 aliphatic rings. The van der Waals surface area contributed by atoms with Crippen LogP contribution in [0.5, 0.6) is 5.75 Å². The Kier molecular flexibility index (Phi) is 9.11. The molecular formula is C18H29ClN2O3. The monoisotopic (exact) mass is 356 g/mol. The summed E-state index contributed by atoms with van der Waals surface area (Å²) in [6.45, 7) is 4.07. The van der Waals surface area contributed by atoms with Crippen molar-refractivity contribution in [3.63, 3.8) is 0 Å². The van der Waals surface area contributed by atoms with Gasteiger partial charge in [-0.1, -0.05) is 0 Å². The molecule has 0 saturated carbocycles. The normalized spacial score (nSPS) is 18.6. The van der Waals surface area contributed by atoms with Crippen LogP contribution < -0.4 is 10.5 Å². The zero-order valence-corrected chi connectivity index (χ0v) is 15.4. The third-order valence-electron chi connectivity index (χ3n) is 4.28. The van der Waals surface area contributed by atoms with Gasteiger partial charge in [-0.2, -0.15) is 0 Å². The van der Waals surface area contributed by atoms with E-state index >= 15 is 0 Å². The predicted octanol–water partition coefficient (Wildman–Crippen LogP) is 2.87. The van der Waals surface area contributed by atoms with Gasteiger partial charge in [-0.15, -0.1) is 12.4 Å². The molecule has 1 aliphatic heterocycles. The summed E-state index contributed by atoms with van der Waals surface area (Å²) in [6.07, 6.45) is 4.03. The van der Waals surface area contributed by atoms with Crippen molar-refractivity contribution in [1.82, 2.24) is 4.90 Å². The van der Waals surface area contributed by atoms with Crippen LogP contribution in [0, 0.1) is 0 Å². The molecule has 0 radical (unpaired) electrons. The molecule has 2 rings (SSSR count). The summed E-state index contributed by atoms with van der Waals surface area (Å²) in [5.74, 6) is 0.845. The molecule has 24 heavy (non-hydrogen) atoms. The SMILES string of the molecule is COCCCOc1ccc(C(=O)N2CCCCC2C(C)N)cc1.Cl. The van der Waals surface area contributed by atoms with E-state index in [1.165, 1.54) is 0 Å². The van der Waals surface area contributed by atoms with Gasteiger partial charge < -0.3 is 20.1 Å². The fraction of sp³-hybridized carbons (Fsp3) is 0.611. The van der Waals surface area contributed by atoms with Crippen LogP contribution in [0.1, 0.15) is 43.0 Å². The maximum atomic E-state index is 12.7. The number of amides is 1.